The zero-order chi connectivity index (χ0) is 33.2. The lowest BCUT2D eigenvalue weighted by Crippen LogP contribution is -2.43. The zero-order valence-electron chi connectivity index (χ0n) is 24.4. The van der Waals surface area contributed by atoms with Crippen LogP contribution in [0.4, 0.5) is 26.1 Å². The summed E-state index contributed by atoms with van der Waals surface area (Å²) in [6.45, 7) is 3.34. The number of nitrogens with zero attached hydrogens (tertiary/aromatic N) is 5. The first kappa shape index (κ1) is 31.6. The van der Waals surface area contributed by atoms with Gasteiger partial charge in [-0.25, -0.2) is 41.5 Å². The molecule has 0 spiro atoms. The molecule has 0 radical (unpaired) electrons. The number of carbonyl (C=O) groups is 1. The van der Waals surface area contributed by atoms with Crippen molar-refractivity contribution in [1.82, 2.24) is 24.1 Å². The Labute approximate surface area is 260 Å². The monoisotopic (exact) mass is 649 g/mol. The summed E-state index contributed by atoms with van der Waals surface area (Å²) in [6.07, 6.45) is 5.61. The first-order valence-corrected chi connectivity index (χ1v) is 15.4. The van der Waals surface area contributed by atoms with E-state index in [1.165, 1.54) is 48.8 Å². The van der Waals surface area contributed by atoms with Crippen LogP contribution in [0.2, 0.25) is 0 Å². The minimum Gasteiger partial charge on any atom is -0.454 e. The number of sulfone groups is 1. The Morgan fingerprint density at radius 3 is 2.35 bits per heavy atom. The summed E-state index contributed by atoms with van der Waals surface area (Å²) in [5.74, 6) is -2.02. The topological polar surface area (TPSA) is 167 Å². The lowest BCUT2D eigenvalue weighted by Gasteiger charge is -2.15. The second-order valence-electron chi connectivity index (χ2n) is 10.2. The molecular formula is C30H25F2N7O6S. The second-order valence-corrected chi connectivity index (χ2v) is 12.2. The summed E-state index contributed by atoms with van der Waals surface area (Å²) in [5, 5.41) is 5.34. The summed E-state index contributed by atoms with van der Waals surface area (Å²) in [5.41, 5.74) is -2.22. The van der Waals surface area contributed by atoms with Crippen molar-refractivity contribution in [3.63, 3.8) is 0 Å². The zero-order valence-corrected chi connectivity index (χ0v) is 25.2. The molecule has 1 amide bonds. The molecule has 46 heavy (non-hydrogen) atoms. The van der Waals surface area contributed by atoms with Crippen LogP contribution in [0.25, 0.3) is 5.82 Å². The van der Waals surface area contributed by atoms with Crippen LogP contribution in [0.15, 0.2) is 93.9 Å². The second kappa shape index (κ2) is 12.7. The molecular weight excluding hydrogens is 624 g/mol. The van der Waals surface area contributed by atoms with Crippen LogP contribution in [0.5, 0.6) is 11.5 Å². The van der Waals surface area contributed by atoms with Gasteiger partial charge in [-0.2, -0.15) is 0 Å². The van der Waals surface area contributed by atoms with Crippen molar-refractivity contribution in [2.45, 2.75) is 24.8 Å². The number of rotatable bonds is 9. The molecule has 0 unspecified atom stereocenters. The van der Waals surface area contributed by atoms with Crippen molar-refractivity contribution >= 4 is 33.1 Å². The van der Waals surface area contributed by atoms with Crippen LogP contribution < -0.4 is 26.6 Å². The molecule has 0 saturated heterocycles. The molecule has 0 atom stereocenters. The number of amides is 1. The third-order valence-corrected chi connectivity index (χ3v) is 7.52. The molecule has 0 fully saturated rings. The van der Waals surface area contributed by atoms with E-state index in [4.69, 9.17) is 4.74 Å². The molecule has 16 heteroatoms. The van der Waals surface area contributed by atoms with Gasteiger partial charge in [0.05, 0.1) is 11.1 Å². The number of ether oxygens (including phenoxy) is 1. The van der Waals surface area contributed by atoms with Crippen LogP contribution >= 0.6 is 0 Å². The van der Waals surface area contributed by atoms with Gasteiger partial charge in [-0.15, -0.1) is 0 Å². The number of nitrogens with one attached hydrogen (secondary N) is 2. The fraction of sp³-hybridized carbons (Fsp3) is 0.133. The Balaban J connectivity index is 1.34. The van der Waals surface area contributed by atoms with Crippen molar-refractivity contribution in [3.8, 4) is 17.3 Å². The summed E-state index contributed by atoms with van der Waals surface area (Å²) in [4.78, 5) is 51.5. The number of anilines is 3. The number of hydrogen-bond donors (Lipinski definition) is 2. The molecule has 5 aromatic rings. The maximum Gasteiger partial charge on any atom is 0.337 e. The average Bonchev–Trinajstić information content (AvgIpc) is 2.99. The lowest BCUT2D eigenvalue weighted by atomic mass is 10.2. The molecule has 4 aromatic heterocycles. The molecule has 2 N–H and O–H groups in total. The molecule has 5 rings (SSSR count). The van der Waals surface area contributed by atoms with Gasteiger partial charge in [-0.1, -0.05) is 0 Å². The Morgan fingerprint density at radius 1 is 0.935 bits per heavy atom. The number of hydrogen-bond acceptors (Lipinski definition) is 10. The van der Waals surface area contributed by atoms with E-state index >= 15 is 4.39 Å². The number of halogens is 2. The van der Waals surface area contributed by atoms with Gasteiger partial charge < -0.3 is 15.4 Å². The van der Waals surface area contributed by atoms with Crippen molar-refractivity contribution in [1.29, 1.82) is 0 Å². The average molecular weight is 650 g/mol. The van der Waals surface area contributed by atoms with E-state index in [0.717, 1.165) is 41.4 Å². The van der Waals surface area contributed by atoms with E-state index < -0.39 is 50.2 Å². The van der Waals surface area contributed by atoms with Crippen LogP contribution in [-0.2, 0) is 9.84 Å². The van der Waals surface area contributed by atoms with Gasteiger partial charge in [0, 0.05) is 48.7 Å². The highest BCUT2D eigenvalue weighted by Crippen LogP contribution is 2.28. The van der Waals surface area contributed by atoms with Crippen molar-refractivity contribution in [2.24, 2.45) is 0 Å². The van der Waals surface area contributed by atoms with E-state index in [9.17, 15) is 27.2 Å². The quantitative estimate of drug-likeness (QED) is 0.236. The van der Waals surface area contributed by atoms with E-state index in [2.05, 4.69) is 25.6 Å². The van der Waals surface area contributed by atoms with Crippen molar-refractivity contribution in [2.75, 3.05) is 16.9 Å². The third kappa shape index (κ3) is 6.96. The lowest BCUT2D eigenvalue weighted by molar-refractivity contribution is 0.102. The number of carbonyl (C=O) groups excluding carboxylic acids is 1. The van der Waals surface area contributed by atoms with E-state index in [1.54, 1.807) is 13.8 Å². The maximum absolute atomic E-state index is 15.1. The molecule has 1 aromatic carbocycles. The highest BCUT2D eigenvalue weighted by Gasteiger charge is 2.21. The third-order valence-electron chi connectivity index (χ3n) is 6.43. The Morgan fingerprint density at radius 2 is 1.72 bits per heavy atom. The molecule has 236 valence electrons. The Kier molecular flexibility index (Phi) is 8.73. The van der Waals surface area contributed by atoms with Gasteiger partial charge in [-0.3, -0.25) is 14.2 Å². The van der Waals surface area contributed by atoms with Gasteiger partial charge in [-0.05, 0) is 56.3 Å². The fourth-order valence-corrected chi connectivity index (χ4v) is 4.69. The van der Waals surface area contributed by atoms with E-state index in [1.807, 2.05) is 0 Å². The summed E-state index contributed by atoms with van der Waals surface area (Å²) < 4.78 is 59.2. The van der Waals surface area contributed by atoms with Crippen molar-refractivity contribution < 1.29 is 26.7 Å². The predicted molar refractivity (Wildman–Crippen MR) is 164 cm³/mol. The minimum atomic E-state index is -3.41. The molecule has 13 nitrogen and oxygen atoms in total. The first-order chi connectivity index (χ1) is 21.8. The SMILES string of the molecule is CC(C)n1cc(C(=O)Nc2ccc(Oc3ccnc(Nc4ccc(S(C)(=O)=O)cn4)c3)c(F)c2)c(=O)n(-c2ccc(F)cn2)c1=O. The highest BCUT2D eigenvalue weighted by molar-refractivity contribution is 7.90. The largest absolute Gasteiger partial charge is 0.454 e. The molecule has 0 saturated carbocycles. The van der Waals surface area contributed by atoms with Gasteiger partial charge in [0.15, 0.2) is 21.4 Å². The highest BCUT2D eigenvalue weighted by atomic mass is 32.2. The van der Waals surface area contributed by atoms with E-state index in [0.29, 0.717) is 10.4 Å². The molecule has 0 aliphatic rings. The Bertz CT molecular complexity index is 2170. The van der Waals surface area contributed by atoms with E-state index in [-0.39, 0.29) is 33.7 Å². The molecule has 0 bridgehead atoms. The number of benzene rings is 1. The van der Waals surface area contributed by atoms with Gasteiger partial charge in [0.1, 0.15) is 34.6 Å². The summed E-state index contributed by atoms with van der Waals surface area (Å²) in [6, 6.07) is 11.1. The first-order valence-electron chi connectivity index (χ1n) is 13.5. The van der Waals surface area contributed by atoms with Crippen LogP contribution in [0.3, 0.4) is 0 Å². The summed E-state index contributed by atoms with van der Waals surface area (Å²) in [7, 11) is -3.41. The number of pyridine rings is 3. The summed E-state index contributed by atoms with van der Waals surface area (Å²) >= 11 is 0. The smallest absolute Gasteiger partial charge is 0.337 e. The van der Waals surface area contributed by atoms with Crippen LogP contribution in [0.1, 0.15) is 30.2 Å². The molecule has 0 aliphatic heterocycles. The van der Waals surface area contributed by atoms with Crippen LogP contribution in [-0.4, -0.2) is 44.7 Å². The van der Waals surface area contributed by atoms with Gasteiger partial charge in [0.25, 0.3) is 11.5 Å². The molecule has 0 aliphatic carbocycles. The standard InChI is InChI=1S/C30H25F2N7O6S/c1-17(2)38-16-22(29(41)39(30(38)42)27-9-4-18(31)14-35-27)28(40)36-19-5-7-24(23(32)12-19)45-20-10-11-33-26(13-20)37-25-8-6-21(15-34-25)46(3,43)44/h4-17H,1-3H3,(H,36,40)(H,33,34,37). The normalized spacial score (nSPS) is 11.3. The predicted octanol–water partition coefficient (Wildman–Crippen LogP) is 4.24. The van der Waals surface area contributed by atoms with Crippen molar-refractivity contribution in [3.05, 3.63) is 117 Å². The van der Waals surface area contributed by atoms with Crippen LogP contribution in [0, 0.1) is 11.6 Å². The van der Waals surface area contributed by atoms with Gasteiger partial charge in [0.2, 0.25) is 0 Å². The van der Waals surface area contributed by atoms with Gasteiger partial charge >= 0.3 is 5.69 Å². The Hall–Kier alpha value is -5.77. The number of aromatic nitrogens is 5. The molecule has 4 heterocycles. The minimum absolute atomic E-state index is 0.0105. The fourth-order valence-electron chi connectivity index (χ4n) is 4.13. The maximum atomic E-state index is 15.1.